The molecule has 0 bridgehead atoms. The number of rotatable bonds is 5. The second-order valence-electron chi connectivity index (χ2n) is 5.15. The molecule has 0 fully saturated rings. The van der Waals surface area contributed by atoms with Crippen molar-refractivity contribution in [3.63, 3.8) is 0 Å². The molecule has 0 amide bonds. The summed E-state index contributed by atoms with van der Waals surface area (Å²) in [7, 11) is 0. The second-order valence-corrected chi connectivity index (χ2v) is 6.51. The van der Waals surface area contributed by atoms with E-state index in [0.29, 0.717) is 6.42 Å². The van der Waals surface area contributed by atoms with Gasteiger partial charge >= 0.3 is 0 Å². The van der Waals surface area contributed by atoms with E-state index in [4.69, 9.17) is 11.6 Å². The molecule has 0 aliphatic heterocycles. The third-order valence-corrected chi connectivity index (χ3v) is 3.96. The van der Waals surface area contributed by atoms with Gasteiger partial charge in [0, 0.05) is 15.5 Å². The zero-order valence-electron chi connectivity index (χ0n) is 12.1. The van der Waals surface area contributed by atoms with Gasteiger partial charge in [-0.1, -0.05) is 40.5 Å². The number of halogens is 3. The van der Waals surface area contributed by atoms with Crippen LogP contribution in [0.1, 0.15) is 29.7 Å². The molecule has 1 nitrogen and oxygen atoms in total. The maximum Gasteiger partial charge on any atom is 0.124 e. The highest BCUT2D eigenvalue weighted by atomic mass is 79.9. The first-order valence-corrected chi connectivity index (χ1v) is 8.10. The van der Waals surface area contributed by atoms with Crippen molar-refractivity contribution in [1.29, 1.82) is 0 Å². The third kappa shape index (κ3) is 4.80. The summed E-state index contributed by atoms with van der Waals surface area (Å²) in [5.74, 6) is -0.225. The van der Waals surface area contributed by atoms with Gasteiger partial charge in [-0.15, -0.1) is 0 Å². The molecule has 0 saturated carbocycles. The lowest BCUT2D eigenvalue weighted by Gasteiger charge is -2.19. The molecule has 1 atom stereocenters. The number of likely N-dealkylation sites (N-methyl/N-ethyl adjacent to an activating group) is 1. The SMILES string of the molecule is CCNC(Cc1cc(F)cc(Br)c1)c1cc(C)cc(Cl)c1. The van der Waals surface area contributed by atoms with Crippen LogP contribution in [0.4, 0.5) is 4.39 Å². The molecule has 112 valence electrons. The minimum atomic E-state index is -0.225. The smallest absolute Gasteiger partial charge is 0.124 e. The highest BCUT2D eigenvalue weighted by molar-refractivity contribution is 9.10. The Morgan fingerprint density at radius 1 is 1.19 bits per heavy atom. The molecule has 0 spiro atoms. The molecule has 0 aliphatic carbocycles. The van der Waals surface area contributed by atoms with E-state index in [0.717, 1.165) is 32.7 Å². The van der Waals surface area contributed by atoms with Crippen molar-refractivity contribution in [2.75, 3.05) is 6.54 Å². The number of hydrogen-bond acceptors (Lipinski definition) is 1. The summed E-state index contributed by atoms with van der Waals surface area (Å²) in [6, 6.07) is 11.1. The Bertz CT molecular complexity index is 590. The topological polar surface area (TPSA) is 12.0 Å². The van der Waals surface area contributed by atoms with Gasteiger partial charge in [0.15, 0.2) is 0 Å². The van der Waals surface area contributed by atoms with Gasteiger partial charge in [-0.3, -0.25) is 0 Å². The molecule has 2 aromatic rings. The number of benzene rings is 2. The zero-order valence-corrected chi connectivity index (χ0v) is 14.4. The number of hydrogen-bond donors (Lipinski definition) is 1. The molecule has 2 aromatic carbocycles. The minimum absolute atomic E-state index is 0.112. The summed E-state index contributed by atoms with van der Waals surface area (Å²) in [4.78, 5) is 0. The van der Waals surface area contributed by atoms with Crippen molar-refractivity contribution in [3.8, 4) is 0 Å². The predicted octanol–water partition coefficient (Wildman–Crippen LogP) is 5.44. The summed E-state index contributed by atoms with van der Waals surface area (Å²) in [5.41, 5.74) is 3.20. The maximum absolute atomic E-state index is 13.5. The van der Waals surface area contributed by atoms with E-state index < -0.39 is 0 Å². The van der Waals surface area contributed by atoms with Crippen molar-refractivity contribution in [2.24, 2.45) is 0 Å². The van der Waals surface area contributed by atoms with Gasteiger partial charge in [0.25, 0.3) is 0 Å². The van der Waals surface area contributed by atoms with Gasteiger partial charge in [-0.25, -0.2) is 4.39 Å². The first-order chi connectivity index (χ1) is 9.97. The molecule has 4 heteroatoms. The monoisotopic (exact) mass is 369 g/mol. The summed E-state index contributed by atoms with van der Waals surface area (Å²) < 4.78 is 14.3. The zero-order chi connectivity index (χ0) is 15.4. The van der Waals surface area contributed by atoms with E-state index in [-0.39, 0.29) is 11.9 Å². The summed E-state index contributed by atoms with van der Waals surface area (Å²) >= 11 is 9.49. The van der Waals surface area contributed by atoms with Crippen LogP contribution >= 0.6 is 27.5 Å². The van der Waals surface area contributed by atoms with Gasteiger partial charge in [0.1, 0.15) is 5.82 Å². The molecule has 1 N–H and O–H groups in total. The molecule has 2 rings (SSSR count). The van der Waals surface area contributed by atoms with E-state index in [9.17, 15) is 4.39 Å². The van der Waals surface area contributed by atoms with Gasteiger partial charge in [-0.05, 0) is 66.9 Å². The van der Waals surface area contributed by atoms with Crippen LogP contribution in [0.5, 0.6) is 0 Å². The standard InChI is InChI=1S/C17H18BrClFN/c1-3-21-17(13-4-11(2)5-15(19)9-13)8-12-6-14(18)10-16(20)7-12/h4-7,9-10,17,21H,3,8H2,1-2H3. The lowest BCUT2D eigenvalue weighted by molar-refractivity contribution is 0.546. The maximum atomic E-state index is 13.5. The van der Waals surface area contributed by atoms with E-state index in [2.05, 4.69) is 34.2 Å². The van der Waals surface area contributed by atoms with E-state index in [1.165, 1.54) is 6.07 Å². The van der Waals surface area contributed by atoms with Gasteiger partial charge in [-0.2, -0.15) is 0 Å². The number of nitrogens with one attached hydrogen (secondary N) is 1. The first-order valence-electron chi connectivity index (χ1n) is 6.93. The Morgan fingerprint density at radius 3 is 2.57 bits per heavy atom. The predicted molar refractivity (Wildman–Crippen MR) is 90.4 cm³/mol. The molecule has 0 aliphatic rings. The molecule has 0 radical (unpaired) electrons. The highest BCUT2D eigenvalue weighted by Gasteiger charge is 2.13. The van der Waals surface area contributed by atoms with Crippen LogP contribution in [0.2, 0.25) is 5.02 Å². The van der Waals surface area contributed by atoms with Gasteiger partial charge in [0.2, 0.25) is 0 Å². The summed E-state index contributed by atoms with van der Waals surface area (Å²) in [6.45, 7) is 4.93. The molecular weight excluding hydrogens is 353 g/mol. The minimum Gasteiger partial charge on any atom is -0.310 e. The highest BCUT2D eigenvalue weighted by Crippen LogP contribution is 2.25. The fourth-order valence-electron chi connectivity index (χ4n) is 2.48. The average molecular weight is 371 g/mol. The normalized spacial score (nSPS) is 12.4. The Hall–Kier alpha value is -0.900. The molecule has 0 saturated heterocycles. The van der Waals surface area contributed by atoms with E-state index >= 15 is 0 Å². The van der Waals surface area contributed by atoms with Crippen LogP contribution < -0.4 is 5.32 Å². The fourth-order valence-corrected chi connectivity index (χ4v) is 3.30. The van der Waals surface area contributed by atoms with Crippen LogP contribution in [0, 0.1) is 12.7 Å². The third-order valence-electron chi connectivity index (χ3n) is 3.28. The van der Waals surface area contributed by atoms with Crippen LogP contribution in [0.3, 0.4) is 0 Å². The summed E-state index contributed by atoms with van der Waals surface area (Å²) in [6.07, 6.45) is 0.712. The van der Waals surface area contributed by atoms with Crippen LogP contribution in [-0.2, 0) is 6.42 Å². The average Bonchev–Trinajstić information content (AvgIpc) is 2.35. The van der Waals surface area contributed by atoms with E-state index in [1.54, 1.807) is 6.07 Å². The molecule has 0 aromatic heterocycles. The quantitative estimate of drug-likeness (QED) is 0.738. The largest absolute Gasteiger partial charge is 0.310 e. The van der Waals surface area contributed by atoms with Gasteiger partial charge in [0.05, 0.1) is 0 Å². The fraction of sp³-hybridized carbons (Fsp3) is 0.294. The van der Waals surface area contributed by atoms with Crippen molar-refractivity contribution in [3.05, 3.63) is 68.4 Å². The van der Waals surface area contributed by atoms with E-state index in [1.807, 2.05) is 25.1 Å². The van der Waals surface area contributed by atoms with Crippen LogP contribution in [0.25, 0.3) is 0 Å². The molecular formula is C17H18BrClFN. The first kappa shape index (κ1) is 16.5. The molecule has 1 unspecified atom stereocenters. The summed E-state index contributed by atoms with van der Waals surface area (Å²) in [5, 5.41) is 4.17. The van der Waals surface area contributed by atoms with Crippen molar-refractivity contribution < 1.29 is 4.39 Å². The van der Waals surface area contributed by atoms with Crippen molar-refractivity contribution in [2.45, 2.75) is 26.3 Å². The Labute approximate surface area is 138 Å². The van der Waals surface area contributed by atoms with Gasteiger partial charge < -0.3 is 5.32 Å². The van der Waals surface area contributed by atoms with Crippen molar-refractivity contribution >= 4 is 27.5 Å². The molecule has 21 heavy (non-hydrogen) atoms. The Balaban J connectivity index is 2.30. The molecule has 0 heterocycles. The Morgan fingerprint density at radius 2 is 1.95 bits per heavy atom. The lowest BCUT2D eigenvalue weighted by atomic mass is 9.97. The van der Waals surface area contributed by atoms with Crippen molar-refractivity contribution in [1.82, 2.24) is 5.32 Å². The lowest BCUT2D eigenvalue weighted by Crippen LogP contribution is -2.23. The second kappa shape index (κ2) is 7.39. The van der Waals surface area contributed by atoms with Crippen LogP contribution in [0.15, 0.2) is 40.9 Å². The number of aryl methyl sites for hydroxylation is 1. The Kier molecular flexibility index (Phi) is 5.80. The van der Waals surface area contributed by atoms with Crippen LogP contribution in [-0.4, -0.2) is 6.54 Å².